The average Bonchev–Trinajstić information content (AvgIpc) is 2.57. The molecule has 0 bridgehead atoms. The molecule has 1 atom stereocenters. The molecule has 0 saturated heterocycles. The molecule has 0 fully saturated rings. The van der Waals surface area contributed by atoms with Crippen LogP contribution in [0.5, 0.6) is 0 Å². The van der Waals surface area contributed by atoms with Gasteiger partial charge in [0.15, 0.2) is 0 Å². The van der Waals surface area contributed by atoms with Crippen molar-refractivity contribution < 1.29 is 0 Å². The lowest BCUT2D eigenvalue weighted by atomic mass is 9.98. The number of hydrogen-bond acceptors (Lipinski definition) is 3. The summed E-state index contributed by atoms with van der Waals surface area (Å²) in [5.41, 5.74) is 1.41. The van der Waals surface area contributed by atoms with Crippen molar-refractivity contribution in [1.82, 2.24) is 15.1 Å². The molecule has 0 spiro atoms. The molecule has 1 aromatic heterocycles. The molecule has 5 heteroatoms. The second kappa shape index (κ2) is 6.21. The van der Waals surface area contributed by atoms with E-state index >= 15 is 0 Å². The van der Waals surface area contributed by atoms with Gasteiger partial charge in [-0.1, -0.05) is 18.5 Å². The van der Waals surface area contributed by atoms with E-state index < -0.39 is 5.54 Å². The molecular weight excluding hydrogens is 248 g/mol. The summed E-state index contributed by atoms with van der Waals surface area (Å²) in [5.74, 6) is 0. The Morgan fingerprint density at radius 1 is 1.50 bits per heavy atom. The van der Waals surface area contributed by atoms with E-state index in [-0.39, 0.29) is 0 Å². The molecule has 1 rings (SSSR count). The van der Waals surface area contributed by atoms with Gasteiger partial charge in [-0.3, -0.25) is 10.00 Å². The molecule has 1 unspecified atom stereocenters. The normalized spacial score (nSPS) is 14.2. The number of halogens is 1. The van der Waals surface area contributed by atoms with E-state index in [9.17, 15) is 0 Å². The first-order chi connectivity index (χ1) is 8.43. The number of nitrogens with one attached hydrogen (secondary N) is 1. The predicted octanol–water partition coefficient (Wildman–Crippen LogP) is 2.83. The zero-order chi connectivity index (χ0) is 13.8. The number of nitriles is 1. The van der Waals surface area contributed by atoms with Crippen LogP contribution in [0.1, 0.15) is 38.1 Å². The average molecular weight is 269 g/mol. The topological polar surface area (TPSA) is 53.6 Å². The minimum absolute atomic E-state index is 0.450. The van der Waals surface area contributed by atoms with Crippen molar-refractivity contribution in [2.24, 2.45) is 0 Å². The Bertz CT molecular complexity index is 447. The highest BCUT2D eigenvalue weighted by molar-refractivity contribution is 6.31. The standard InChI is InChI=1S/C13H21ClN4/c1-5-16-13(4,9-15)7-6-8-18-11(3)12(14)10(2)17-18/h16H,5-8H2,1-4H3. The highest BCUT2D eigenvalue weighted by Gasteiger charge is 2.21. The minimum Gasteiger partial charge on any atom is -0.300 e. The van der Waals surface area contributed by atoms with Crippen molar-refractivity contribution in [1.29, 1.82) is 5.26 Å². The van der Waals surface area contributed by atoms with Gasteiger partial charge in [0.25, 0.3) is 0 Å². The first kappa shape index (κ1) is 15.0. The van der Waals surface area contributed by atoms with Gasteiger partial charge >= 0.3 is 0 Å². The maximum absolute atomic E-state index is 9.16. The smallest absolute Gasteiger partial charge is 0.103 e. The Kier molecular flexibility index (Phi) is 5.18. The zero-order valence-corrected chi connectivity index (χ0v) is 12.3. The van der Waals surface area contributed by atoms with Gasteiger partial charge in [-0.2, -0.15) is 10.4 Å². The Balaban J connectivity index is 2.56. The monoisotopic (exact) mass is 268 g/mol. The van der Waals surface area contributed by atoms with E-state index in [1.54, 1.807) is 0 Å². The van der Waals surface area contributed by atoms with E-state index in [1.807, 2.05) is 32.4 Å². The van der Waals surface area contributed by atoms with Crippen LogP contribution in [-0.4, -0.2) is 21.9 Å². The lowest BCUT2D eigenvalue weighted by Gasteiger charge is -2.22. The summed E-state index contributed by atoms with van der Waals surface area (Å²) in [7, 11) is 0. The fourth-order valence-corrected chi connectivity index (χ4v) is 2.18. The quantitative estimate of drug-likeness (QED) is 0.863. The maximum atomic E-state index is 9.16. The fraction of sp³-hybridized carbons (Fsp3) is 0.692. The summed E-state index contributed by atoms with van der Waals surface area (Å²) < 4.78 is 1.92. The molecule has 0 amide bonds. The van der Waals surface area contributed by atoms with Gasteiger partial charge < -0.3 is 0 Å². The summed E-state index contributed by atoms with van der Waals surface area (Å²) in [6.45, 7) is 9.42. The molecule has 0 aliphatic carbocycles. The van der Waals surface area contributed by atoms with E-state index in [2.05, 4.69) is 16.5 Å². The first-order valence-corrected chi connectivity index (χ1v) is 6.67. The van der Waals surface area contributed by atoms with E-state index in [4.69, 9.17) is 16.9 Å². The fourth-order valence-electron chi connectivity index (χ4n) is 2.05. The number of aryl methyl sites for hydroxylation is 2. The summed E-state index contributed by atoms with van der Waals surface area (Å²) in [6.07, 6.45) is 1.70. The zero-order valence-electron chi connectivity index (χ0n) is 11.5. The number of hydrogen-bond donors (Lipinski definition) is 1. The number of rotatable bonds is 6. The second-order valence-corrected chi connectivity index (χ2v) is 5.16. The maximum Gasteiger partial charge on any atom is 0.103 e. The van der Waals surface area contributed by atoms with Crippen LogP contribution < -0.4 is 5.32 Å². The lowest BCUT2D eigenvalue weighted by Crippen LogP contribution is -2.40. The van der Waals surface area contributed by atoms with Crippen molar-refractivity contribution in [2.75, 3.05) is 6.54 Å². The van der Waals surface area contributed by atoms with Crippen molar-refractivity contribution in [2.45, 2.75) is 52.6 Å². The highest BCUT2D eigenvalue weighted by atomic mass is 35.5. The van der Waals surface area contributed by atoms with Gasteiger partial charge in [-0.25, -0.2) is 0 Å². The SMILES string of the molecule is CCNC(C)(C#N)CCCn1nc(C)c(Cl)c1C. The summed E-state index contributed by atoms with van der Waals surface area (Å²) in [6, 6.07) is 2.33. The Morgan fingerprint density at radius 2 is 2.17 bits per heavy atom. The molecular formula is C13H21ClN4. The van der Waals surface area contributed by atoms with Gasteiger partial charge in [0.05, 0.1) is 22.5 Å². The number of aromatic nitrogens is 2. The van der Waals surface area contributed by atoms with Crippen LogP contribution in [0.3, 0.4) is 0 Å². The van der Waals surface area contributed by atoms with E-state index in [0.717, 1.165) is 42.3 Å². The van der Waals surface area contributed by atoms with Crippen LogP contribution in [0, 0.1) is 25.2 Å². The predicted molar refractivity (Wildman–Crippen MR) is 73.6 cm³/mol. The molecule has 0 aromatic carbocycles. The van der Waals surface area contributed by atoms with Gasteiger partial charge in [-0.15, -0.1) is 0 Å². The third kappa shape index (κ3) is 3.47. The number of nitrogens with zero attached hydrogens (tertiary/aromatic N) is 3. The lowest BCUT2D eigenvalue weighted by molar-refractivity contribution is 0.395. The van der Waals surface area contributed by atoms with Crippen LogP contribution in [0.2, 0.25) is 5.02 Å². The second-order valence-electron chi connectivity index (χ2n) is 4.79. The minimum atomic E-state index is -0.450. The molecule has 100 valence electrons. The molecule has 1 N–H and O–H groups in total. The molecule has 0 aliphatic rings. The van der Waals surface area contributed by atoms with Crippen molar-refractivity contribution in [3.8, 4) is 6.07 Å². The summed E-state index contributed by atoms with van der Waals surface area (Å²) >= 11 is 6.10. The molecule has 1 aromatic rings. The van der Waals surface area contributed by atoms with Crippen LogP contribution in [0.25, 0.3) is 0 Å². The Labute approximate surface area is 114 Å². The first-order valence-electron chi connectivity index (χ1n) is 6.29. The molecule has 0 radical (unpaired) electrons. The Morgan fingerprint density at radius 3 is 2.61 bits per heavy atom. The van der Waals surface area contributed by atoms with E-state index in [1.165, 1.54) is 0 Å². The third-order valence-corrected chi connectivity index (χ3v) is 3.70. The highest BCUT2D eigenvalue weighted by Crippen LogP contribution is 2.20. The summed E-state index contributed by atoms with van der Waals surface area (Å²) in [4.78, 5) is 0. The molecule has 4 nitrogen and oxygen atoms in total. The van der Waals surface area contributed by atoms with Gasteiger partial charge in [-0.05, 0) is 40.2 Å². The Hall–Kier alpha value is -1.05. The molecule has 0 saturated carbocycles. The van der Waals surface area contributed by atoms with E-state index in [0.29, 0.717) is 0 Å². The third-order valence-electron chi connectivity index (χ3n) is 3.15. The summed E-state index contributed by atoms with van der Waals surface area (Å²) in [5, 5.41) is 17.5. The van der Waals surface area contributed by atoms with Crippen LogP contribution in [0.15, 0.2) is 0 Å². The van der Waals surface area contributed by atoms with Gasteiger partial charge in [0.1, 0.15) is 5.54 Å². The van der Waals surface area contributed by atoms with Crippen molar-refractivity contribution >= 4 is 11.6 Å². The van der Waals surface area contributed by atoms with Crippen molar-refractivity contribution in [3.63, 3.8) is 0 Å². The van der Waals surface area contributed by atoms with Crippen molar-refractivity contribution in [3.05, 3.63) is 16.4 Å². The molecule has 1 heterocycles. The van der Waals surface area contributed by atoms with Gasteiger partial charge in [0, 0.05) is 6.54 Å². The van der Waals surface area contributed by atoms with Crippen LogP contribution >= 0.6 is 11.6 Å². The van der Waals surface area contributed by atoms with Crippen LogP contribution in [0.4, 0.5) is 0 Å². The molecule has 0 aliphatic heterocycles. The largest absolute Gasteiger partial charge is 0.300 e. The molecule has 18 heavy (non-hydrogen) atoms. The van der Waals surface area contributed by atoms with Crippen LogP contribution in [-0.2, 0) is 6.54 Å². The van der Waals surface area contributed by atoms with Gasteiger partial charge in [0.2, 0.25) is 0 Å².